The number of nitrogens with zero attached hydrogens (tertiary/aromatic N) is 4. The molecule has 15 heteroatoms. The molecule has 2 heterocycles. The summed E-state index contributed by atoms with van der Waals surface area (Å²) in [4.78, 5) is 40.7. The minimum atomic E-state index is -2.89. The summed E-state index contributed by atoms with van der Waals surface area (Å²) in [5.74, 6) is -5.27. The van der Waals surface area contributed by atoms with Crippen molar-refractivity contribution in [1.82, 2.24) is 24.9 Å². The number of primary amides is 1. The lowest BCUT2D eigenvalue weighted by Gasteiger charge is -2.24. The van der Waals surface area contributed by atoms with Crippen molar-refractivity contribution in [2.45, 2.75) is 50.7 Å². The number of benzene rings is 2. The Hall–Kier alpha value is -3.88. The van der Waals surface area contributed by atoms with Gasteiger partial charge in [-0.05, 0) is 37.1 Å². The van der Waals surface area contributed by atoms with Gasteiger partial charge in [0.25, 0.3) is 11.8 Å². The topological polar surface area (TPSA) is 146 Å². The van der Waals surface area contributed by atoms with E-state index in [0.717, 1.165) is 0 Å². The second-order valence-corrected chi connectivity index (χ2v) is 10.8. The highest BCUT2D eigenvalue weighted by atomic mass is 35.5. The van der Waals surface area contributed by atoms with Crippen LogP contribution in [-0.4, -0.2) is 80.4 Å². The molecule has 2 aliphatic rings. The van der Waals surface area contributed by atoms with Gasteiger partial charge in [-0.15, -0.1) is 0 Å². The lowest BCUT2D eigenvalue weighted by molar-refractivity contribution is -0.137. The smallest absolute Gasteiger partial charge is 0.269 e. The maximum atomic E-state index is 14.2. The number of rotatable bonds is 11. The van der Waals surface area contributed by atoms with E-state index in [2.05, 4.69) is 15.7 Å². The Bertz CT molecular complexity index is 1530. The highest BCUT2D eigenvalue weighted by Gasteiger charge is 2.40. The predicted molar refractivity (Wildman–Crippen MR) is 147 cm³/mol. The molecule has 0 spiro atoms. The van der Waals surface area contributed by atoms with Gasteiger partial charge >= 0.3 is 0 Å². The molecule has 1 atom stereocenters. The van der Waals surface area contributed by atoms with Crippen LogP contribution < -0.4 is 16.4 Å². The predicted octanol–water partition coefficient (Wildman–Crippen LogP) is 2.26. The number of amides is 3. The second-order valence-electron chi connectivity index (χ2n) is 10.4. The van der Waals surface area contributed by atoms with Gasteiger partial charge in [-0.2, -0.15) is 5.10 Å². The van der Waals surface area contributed by atoms with Gasteiger partial charge in [-0.25, -0.2) is 13.2 Å². The van der Waals surface area contributed by atoms with E-state index in [4.69, 9.17) is 17.3 Å². The van der Waals surface area contributed by atoms with Crippen molar-refractivity contribution in [3.8, 4) is 0 Å². The van der Waals surface area contributed by atoms with Crippen molar-refractivity contribution >= 4 is 45.9 Å². The van der Waals surface area contributed by atoms with Gasteiger partial charge in [-0.1, -0.05) is 23.7 Å². The third-order valence-electron chi connectivity index (χ3n) is 7.24. The third kappa shape index (κ3) is 6.61. The number of nitrogens with one attached hydrogen (secondary N) is 2. The fraction of sp³-hybridized carbons (Fsp3) is 0.407. The van der Waals surface area contributed by atoms with Crippen molar-refractivity contribution in [1.29, 1.82) is 0 Å². The average molecular weight is 608 g/mol. The zero-order chi connectivity index (χ0) is 30.2. The monoisotopic (exact) mass is 607 g/mol. The van der Waals surface area contributed by atoms with Crippen LogP contribution in [0.25, 0.3) is 10.9 Å². The van der Waals surface area contributed by atoms with E-state index in [0.29, 0.717) is 29.4 Å². The first-order valence-corrected chi connectivity index (χ1v) is 13.7. The van der Waals surface area contributed by atoms with E-state index < -0.39 is 42.4 Å². The number of likely N-dealkylation sites (tertiary alicyclic amines) is 1. The number of aliphatic hydroxyl groups is 1. The first-order valence-electron chi connectivity index (χ1n) is 13.3. The summed E-state index contributed by atoms with van der Waals surface area (Å²) >= 11 is 5.79. The molecule has 11 nitrogen and oxygen atoms in total. The largest absolute Gasteiger partial charge is 0.364 e. The molecule has 0 radical (unpaired) electrons. The van der Waals surface area contributed by atoms with Gasteiger partial charge in [0.05, 0.1) is 23.6 Å². The van der Waals surface area contributed by atoms with Crippen LogP contribution in [0.3, 0.4) is 0 Å². The lowest BCUT2D eigenvalue weighted by atomic mass is 10.2. The lowest BCUT2D eigenvalue weighted by Crippen LogP contribution is -2.43. The number of aliphatic hydroxyl groups excluding tert-OH is 1. The molecule has 1 saturated heterocycles. The van der Waals surface area contributed by atoms with Gasteiger partial charge in [-0.3, -0.25) is 24.0 Å². The van der Waals surface area contributed by atoms with E-state index in [1.807, 2.05) is 0 Å². The number of anilines is 1. The van der Waals surface area contributed by atoms with E-state index >= 15 is 0 Å². The summed E-state index contributed by atoms with van der Waals surface area (Å²) in [5, 5.41) is 20.2. The normalized spacial score (nSPS) is 17.3. The van der Waals surface area contributed by atoms with Gasteiger partial charge in [0.15, 0.2) is 12.0 Å². The van der Waals surface area contributed by atoms with Crippen LogP contribution >= 0.6 is 11.6 Å². The van der Waals surface area contributed by atoms with Gasteiger partial charge in [0.1, 0.15) is 12.4 Å². The van der Waals surface area contributed by atoms with Crippen LogP contribution in [0.2, 0.25) is 5.02 Å². The summed E-state index contributed by atoms with van der Waals surface area (Å²) < 4.78 is 42.6. The highest BCUT2D eigenvalue weighted by molar-refractivity contribution is 6.30. The molecule has 1 aliphatic carbocycles. The summed E-state index contributed by atoms with van der Waals surface area (Å²) in [6.07, 6.45) is -0.321. The SMILES string of the molecule is NC(=O)c1nn(CC(=O)N(CC(=O)NCc2cccc(Cl)c2F)C2CC2)c2ccc(NC(O)N3CCC(F)(F)C3)cc12. The van der Waals surface area contributed by atoms with Crippen LogP contribution in [0, 0.1) is 5.82 Å². The summed E-state index contributed by atoms with van der Waals surface area (Å²) in [7, 11) is 0. The van der Waals surface area contributed by atoms with Crippen molar-refractivity contribution in [3.63, 3.8) is 0 Å². The number of hydrogen-bond donors (Lipinski definition) is 4. The highest BCUT2D eigenvalue weighted by Crippen LogP contribution is 2.30. The Balaban J connectivity index is 1.28. The van der Waals surface area contributed by atoms with E-state index in [9.17, 15) is 32.7 Å². The number of carbonyl (C=O) groups is 3. The minimum absolute atomic E-state index is 0.00298. The molecule has 1 saturated carbocycles. The third-order valence-corrected chi connectivity index (χ3v) is 7.53. The second kappa shape index (κ2) is 11.8. The van der Waals surface area contributed by atoms with Gasteiger partial charge in [0.2, 0.25) is 11.8 Å². The van der Waals surface area contributed by atoms with Crippen molar-refractivity contribution in [2.24, 2.45) is 5.73 Å². The van der Waals surface area contributed by atoms with Crippen molar-refractivity contribution < 1.29 is 32.7 Å². The number of aromatic nitrogens is 2. The summed E-state index contributed by atoms with van der Waals surface area (Å²) in [6, 6.07) is 8.92. The molecule has 3 amide bonds. The number of nitrogens with two attached hydrogens (primary N) is 1. The number of fused-ring (bicyclic) bond motifs is 1. The zero-order valence-electron chi connectivity index (χ0n) is 22.3. The van der Waals surface area contributed by atoms with Gasteiger partial charge in [0, 0.05) is 42.2 Å². The summed E-state index contributed by atoms with van der Waals surface area (Å²) in [5.41, 5.74) is 6.33. The molecule has 1 aromatic heterocycles. The first-order chi connectivity index (χ1) is 19.9. The fourth-order valence-corrected chi connectivity index (χ4v) is 5.09. The van der Waals surface area contributed by atoms with Crippen molar-refractivity contribution in [2.75, 3.05) is 25.0 Å². The molecular formula is C27H29ClF3N7O4. The Morgan fingerprint density at radius 3 is 2.67 bits per heavy atom. The standard InChI is InChI=1S/C27H29ClF3N7O4/c28-19-3-1-2-15(23(19)29)11-33-21(39)12-37(17-5-6-17)22(40)13-38-20-7-4-16(10-18(20)24(35-38)25(32)41)34-26(42)36-9-8-27(30,31)14-36/h1-4,7,10,17,26,34,42H,5-6,8-9,11-14H2,(H2,32,41)(H,33,39). The molecule has 1 unspecified atom stereocenters. The van der Waals surface area contributed by atoms with Crippen LogP contribution in [0.5, 0.6) is 0 Å². The van der Waals surface area contributed by atoms with E-state index in [1.165, 1.54) is 32.7 Å². The average Bonchev–Trinajstić information content (AvgIpc) is 3.62. The molecule has 0 bridgehead atoms. The minimum Gasteiger partial charge on any atom is -0.364 e. The van der Waals surface area contributed by atoms with Crippen LogP contribution in [0.15, 0.2) is 36.4 Å². The molecule has 1 aliphatic heterocycles. The Kier molecular flexibility index (Phi) is 8.30. The van der Waals surface area contributed by atoms with E-state index in [1.54, 1.807) is 18.2 Å². The number of halogens is 4. The summed E-state index contributed by atoms with van der Waals surface area (Å²) in [6.45, 7) is -1.25. The molecule has 224 valence electrons. The maximum Gasteiger partial charge on any atom is 0.269 e. The molecule has 2 fully saturated rings. The van der Waals surface area contributed by atoms with E-state index in [-0.39, 0.29) is 54.9 Å². The Morgan fingerprint density at radius 2 is 2.00 bits per heavy atom. The number of alkyl halides is 2. The quantitative estimate of drug-likeness (QED) is 0.245. The fourth-order valence-electron chi connectivity index (χ4n) is 4.90. The molecule has 42 heavy (non-hydrogen) atoms. The first kappa shape index (κ1) is 29.6. The Labute approximate surface area is 243 Å². The number of carbonyl (C=O) groups excluding carboxylic acids is 3. The van der Waals surface area contributed by atoms with Crippen LogP contribution in [-0.2, 0) is 22.7 Å². The van der Waals surface area contributed by atoms with Crippen molar-refractivity contribution in [3.05, 3.63) is 58.5 Å². The molecule has 2 aromatic carbocycles. The maximum absolute atomic E-state index is 14.2. The molecule has 3 aromatic rings. The van der Waals surface area contributed by atoms with Crippen LogP contribution in [0.4, 0.5) is 18.9 Å². The Morgan fingerprint density at radius 1 is 1.24 bits per heavy atom. The van der Waals surface area contributed by atoms with Crippen LogP contribution in [0.1, 0.15) is 35.3 Å². The number of hydrogen-bond acceptors (Lipinski definition) is 7. The molecule has 5 rings (SSSR count). The molecule has 5 N–H and O–H groups in total. The molecular weight excluding hydrogens is 579 g/mol. The van der Waals surface area contributed by atoms with Gasteiger partial charge < -0.3 is 26.4 Å². The zero-order valence-corrected chi connectivity index (χ0v) is 23.1.